The van der Waals surface area contributed by atoms with Gasteiger partial charge in [-0.3, -0.25) is 0 Å². The largest absolute Gasteiger partial charge is 0.491 e. The van der Waals surface area contributed by atoms with Crippen LogP contribution < -0.4 is 5.46 Å². The molecular weight excluding hydrogens is 218 g/mol. The molecule has 0 heterocycles. The van der Waals surface area contributed by atoms with Crippen LogP contribution in [0.25, 0.3) is 11.1 Å². The summed E-state index contributed by atoms with van der Waals surface area (Å²) in [6.45, 7) is 1.95. The molecule has 2 nitrogen and oxygen atoms in total. The highest BCUT2D eigenvalue weighted by molar-refractivity contribution is 6.58. The first-order chi connectivity index (χ1) is 8.09. The molecule has 0 atom stereocenters. The van der Waals surface area contributed by atoms with Crippen LogP contribution in [0, 0.1) is 12.7 Å². The molecule has 2 aromatic carbocycles. The highest BCUT2D eigenvalue weighted by Gasteiger charge is 2.16. The fourth-order valence-electron chi connectivity index (χ4n) is 1.80. The van der Waals surface area contributed by atoms with Crippen molar-refractivity contribution in [3.05, 3.63) is 53.8 Å². The molecule has 0 aromatic heterocycles. The summed E-state index contributed by atoms with van der Waals surface area (Å²) in [6.07, 6.45) is 0. The van der Waals surface area contributed by atoms with Crippen molar-refractivity contribution in [1.82, 2.24) is 0 Å². The van der Waals surface area contributed by atoms with Crippen LogP contribution in [0.2, 0.25) is 0 Å². The van der Waals surface area contributed by atoms with Gasteiger partial charge in [-0.15, -0.1) is 0 Å². The summed E-state index contributed by atoms with van der Waals surface area (Å²) in [5.74, 6) is -0.610. The second-order valence-electron chi connectivity index (χ2n) is 3.92. The first kappa shape index (κ1) is 11.8. The molecule has 2 N–H and O–H groups in total. The predicted octanol–water partition coefficient (Wildman–Crippen LogP) is 1.48. The fourth-order valence-corrected chi connectivity index (χ4v) is 1.80. The van der Waals surface area contributed by atoms with Crippen LogP contribution >= 0.6 is 0 Å². The average molecular weight is 230 g/mol. The summed E-state index contributed by atoms with van der Waals surface area (Å²) in [5.41, 5.74) is 2.60. The highest BCUT2D eigenvalue weighted by Crippen LogP contribution is 2.22. The van der Waals surface area contributed by atoms with Crippen LogP contribution in [0.5, 0.6) is 0 Å². The van der Waals surface area contributed by atoms with Gasteiger partial charge in [0.2, 0.25) is 0 Å². The van der Waals surface area contributed by atoms with E-state index in [9.17, 15) is 4.39 Å². The van der Waals surface area contributed by atoms with Crippen molar-refractivity contribution >= 4 is 12.6 Å². The van der Waals surface area contributed by atoms with E-state index >= 15 is 0 Å². The molecule has 0 radical (unpaired) electrons. The minimum atomic E-state index is -1.78. The van der Waals surface area contributed by atoms with E-state index in [2.05, 4.69) is 0 Å². The molecule has 0 saturated carbocycles. The first-order valence-corrected chi connectivity index (χ1v) is 5.31. The number of hydrogen-bond acceptors (Lipinski definition) is 2. The van der Waals surface area contributed by atoms with Crippen LogP contribution in [0.1, 0.15) is 5.56 Å². The van der Waals surface area contributed by atoms with Gasteiger partial charge in [0.05, 0.1) is 0 Å². The van der Waals surface area contributed by atoms with E-state index in [4.69, 9.17) is 10.0 Å². The maximum atomic E-state index is 13.6. The van der Waals surface area contributed by atoms with Gasteiger partial charge in [0.25, 0.3) is 0 Å². The smallest absolute Gasteiger partial charge is 0.423 e. The van der Waals surface area contributed by atoms with Gasteiger partial charge in [0, 0.05) is 5.46 Å². The standard InChI is InChI=1S/C13H12BFO2/c1-9-4-2-3-5-11(9)10-6-7-12(14(16)17)13(15)8-10/h2-8,16-17H,1H3. The Labute approximate surface area is 99.5 Å². The van der Waals surface area contributed by atoms with E-state index < -0.39 is 12.9 Å². The molecule has 0 unspecified atom stereocenters. The molecule has 4 heteroatoms. The summed E-state index contributed by atoms with van der Waals surface area (Å²) < 4.78 is 13.6. The van der Waals surface area contributed by atoms with Gasteiger partial charge in [0.15, 0.2) is 0 Å². The second-order valence-corrected chi connectivity index (χ2v) is 3.92. The molecule has 86 valence electrons. The van der Waals surface area contributed by atoms with E-state index in [-0.39, 0.29) is 5.46 Å². The topological polar surface area (TPSA) is 40.5 Å². The van der Waals surface area contributed by atoms with Gasteiger partial charge in [-0.1, -0.05) is 36.4 Å². The van der Waals surface area contributed by atoms with Gasteiger partial charge in [-0.25, -0.2) is 4.39 Å². The van der Waals surface area contributed by atoms with Gasteiger partial charge < -0.3 is 10.0 Å². The molecule has 0 fully saturated rings. The Morgan fingerprint density at radius 3 is 2.35 bits per heavy atom. The Morgan fingerprint density at radius 1 is 1.06 bits per heavy atom. The van der Waals surface area contributed by atoms with Crippen molar-refractivity contribution in [3.63, 3.8) is 0 Å². The maximum Gasteiger partial charge on any atom is 0.491 e. The van der Waals surface area contributed by atoms with Crippen molar-refractivity contribution in [3.8, 4) is 11.1 Å². The molecule has 2 rings (SSSR count). The summed E-state index contributed by atoms with van der Waals surface area (Å²) in [5, 5.41) is 17.9. The summed E-state index contributed by atoms with van der Waals surface area (Å²) in [7, 11) is -1.78. The molecule has 0 aliphatic carbocycles. The molecule has 0 aliphatic rings. The number of hydrogen-bond donors (Lipinski definition) is 2. The van der Waals surface area contributed by atoms with Crippen molar-refractivity contribution in [2.24, 2.45) is 0 Å². The predicted molar refractivity (Wildman–Crippen MR) is 66.4 cm³/mol. The van der Waals surface area contributed by atoms with Crippen LogP contribution in [-0.4, -0.2) is 17.2 Å². The van der Waals surface area contributed by atoms with Crippen LogP contribution in [-0.2, 0) is 0 Å². The molecule has 17 heavy (non-hydrogen) atoms. The third-order valence-electron chi connectivity index (χ3n) is 2.73. The lowest BCUT2D eigenvalue weighted by Gasteiger charge is -2.08. The number of halogens is 1. The lowest BCUT2D eigenvalue weighted by Crippen LogP contribution is -2.32. The van der Waals surface area contributed by atoms with E-state index in [0.29, 0.717) is 0 Å². The lowest BCUT2D eigenvalue weighted by molar-refractivity contribution is 0.423. The number of aryl methyl sites for hydroxylation is 1. The zero-order valence-electron chi connectivity index (χ0n) is 9.39. The normalized spacial score (nSPS) is 10.4. The van der Waals surface area contributed by atoms with E-state index in [1.165, 1.54) is 12.1 Å². The Balaban J connectivity index is 2.49. The Kier molecular flexibility index (Phi) is 3.27. The number of benzene rings is 2. The minimum Gasteiger partial charge on any atom is -0.423 e. The highest BCUT2D eigenvalue weighted by atomic mass is 19.1. The van der Waals surface area contributed by atoms with Gasteiger partial charge in [-0.05, 0) is 29.7 Å². The van der Waals surface area contributed by atoms with Crippen LogP contribution in [0.4, 0.5) is 4.39 Å². The maximum absolute atomic E-state index is 13.6. The number of rotatable bonds is 2. The van der Waals surface area contributed by atoms with Crippen molar-refractivity contribution < 1.29 is 14.4 Å². The Hall–Kier alpha value is -1.65. The Bertz CT molecular complexity index is 541. The molecule has 2 aromatic rings. The van der Waals surface area contributed by atoms with Crippen LogP contribution in [0.15, 0.2) is 42.5 Å². The summed E-state index contributed by atoms with van der Waals surface area (Å²) in [6, 6.07) is 12.0. The average Bonchev–Trinajstić information content (AvgIpc) is 2.29. The van der Waals surface area contributed by atoms with E-state index in [0.717, 1.165) is 16.7 Å². The first-order valence-electron chi connectivity index (χ1n) is 5.31. The fraction of sp³-hybridized carbons (Fsp3) is 0.0769. The summed E-state index contributed by atoms with van der Waals surface area (Å²) in [4.78, 5) is 0. The summed E-state index contributed by atoms with van der Waals surface area (Å²) >= 11 is 0. The zero-order valence-corrected chi connectivity index (χ0v) is 9.39. The van der Waals surface area contributed by atoms with Gasteiger partial charge in [0.1, 0.15) is 5.82 Å². The van der Waals surface area contributed by atoms with Crippen molar-refractivity contribution in [1.29, 1.82) is 0 Å². The monoisotopic (exact) mass is 230 g/mol. The van der Waals surface area contributed by atoms with E-state index in [1.807, 2.05) is 31.2 Å². The quantitative estimate of drug-likeness (QED) is 0.767. The molecule has 0 spiro atoms. The van der Waals surface area contributed by atoms with E-state index in [1.54, 1.807) is 6.07 Å². The molecular formula is C13H12BFO2. The molecule has 0 amide bonds. The second kappa shape index (κ2) is 4.69. The minimum absolute atomic E-state index is 0.109. The van der Waals surface area contributed by atoms with Crippen molar-refractivity contribution in [2.75, 3.05) is 0 Å². The van der Waals surface area contributed by atoms with Gasteiger partial charge in [-0.2, -0.15) is 0 Å². The third-order valence-corrected chi connectivity index (χ3v) is 2.73. The van der Waals surface area contributed by atoms with Crippen molar-refractivity contribution in [2.45, 2.75) is 6.92 Å². The van der Waals surface area contributed by atoms with Gasteiger partial charge >= 0.3 is 7.12 Å². The third kappa shape index (κ3) is 2.38. The molecule has 0 bridgehead atoms. The lowest BCUT2D eigenvalue weighted by atomic mass is 9.79. The zero-order chi connectivity index (χ0) is 12.4. The molecule has 0 saturated heterocycles. The molecule has 0 aliphatic heterocycles. The Morgan fingerprint density at radius 2 is 1.76 bits per heavy atom. The SMILES string of the molecule is Cc1ccccc1-c1ccc(B(O)O)c(F)c1. The van der Waals surface area contributed by atoms with Crippen LogP contribution in [0.3, 0.4) is 0 Å².